The third-order valence-corrected chi connectivity index (χ3v) is 4.17. The van der Waals surface area contributed by atoms with E-state index in [1.54, 1.807) is 30.6 Å². The number of pyridine rings is 1. The molecule has 3 rings (SSSR count). The molecule has 26 heavy (non-hydrogen) atoms. The number of halogens is 1. The molecular formula is C16H16BClN6O2. The quantitative estimate of drug-likeness (QED) is 0.775. The number of anilines is 2. The van der Waals surface area contributed by atoms with Crippen molar-refractivity contribution in [2.75, 3.05) is 23.8 Å². The molecule has 0 saturated carbocycles. The normalized spacial score (nSPS) is 16.6. The Morgan fingerprint density at radius 3 is 3.00 bits per heavy atom. The summed E-state index contributed by atoms with van der Waals surface area (Å²) in [5.41, 5.74) is 1.18. The Kier molecular flexibility index (Phi) is 5.99. The first-order chi connectivity index (χ1) is 12.7. The van der Waals surface area contributed by atoms with E-state index in [1.165, 1.54) is 0 Å². The number of nitrogens with zero attached hydrogens (tertiary/aromatic N) is 4. The number of nitrogens with one attached hydrogen (secondary N) is 2. The lowest BCUT2D eigenvalue weighted by Gasteiger charge is -2.25. The van der Waals surface area contributed by atoms with Crippen molar-refractivity contribution in [3.8, 4) is 5.97 Å². The number of rotatable bonds is 5. The Morgan fingerprint density at radius 1 is 1.42 bits per heavy atom. The van der Waals surface area contributed by atoms with E-state index in [2.05, 4.69) is 31.8 Å². The molecule has 1 aliphatic rings. The predicted molar refractivity (Wildman–Crippen MR) is 98.4 cm³/mol. The minimum atomic E-state index is -0.415. The van der Waals surface area contributed by atoms with Gasteiger partial charge in [0.25, 0.3) is 12.6 Å². The van der Waals surface area contributed by atoms with Crippen LogP contribution in [0.2, 0.25) is 17.8 Å². The van der Waals surface area contributed by atoms with E-state index in [1.807, 2.05) is 0 Å². The Hall–Kier alpha value is -2.70. The van der Waals surface area contributed by atoms with Crippen LogP contribution >= 0.6 is 11.6 Å². The molecule has 10 heteroatoms. The highest BCUT2D eigenvalue weighted by molar-refractivity contribution is 6.67. The van der Waals surface area contributed by atoms with Gasteiger partial charge in [0.15, 0.2) is 10.8 Å². The van der Waals surface area contributed by atoms with Crippen LogP contribution in [0.1, 0.15) is 10.5 Å². The fourth-order valence-corrected chi connectivity index (χ4v) is 2.81. The number of hydrogen-bond acceptors (Lipinski definition) is 7. The van der Waals surface area contributed by atoms with Gasteiger partial charge in [0, 0.05) is 43.3 Å². The van der Waals surface area contributed by atoms with Crippen LogP contribution in [-0.2, 0) is 4.74 Å². The van der Waals surface area contributed by atoms with E-state index in [-0.39, 0.29) is 23.7 Å². The summed E-state index contributed by atoms with van der Waals surface area (Å²) >= 11 is 5.92. The summed E-state index contributed by atoms with van der Waals surface area (Å²) in [6.45, 7) is 0.981. The molecule has 0 radical (unpaired) electrons. The van der Waals surface area contributed by atoms with Crippen molar-refractivity contribution in [2.24, 2.45) is 0 Å². The number of carbonyl (C=O) groups excluding carboxylic acids is 1. The van der Waals surface area contributed by atoms with Crippen molar-refractivity contribution >= 4 is 35.6 Å². The fourth-order valence-electron chi connectivity index (χ4n) is 2.66. The van der Waals surface area contributed by atoms with Gasteiger partial charge in [0.1, 0.15) is 0 Å². The van der Waals surface area contributed by atoms with Gasteiger partial charge >= 0.3 is 0 Å². The lowest BCUT2D eigenvalue weighted by Crippen LogP contribution is -2.35. The van der Waals surface area contributed by atoms with Crippen LogP contribution < -0.4 is 10.6 Å². The average Bonchev–Trinajstić information content (AvgIpc) is 2.67. The first-order valence-corrected chi connectivity index (χ1v) is 8.53. The zero-order valence-corrected chi connectivity index (χ0v) is 14.6. The smallest absolute Gasteiger partial charge is 0.278 e. The molecule has 2 aromatic heterocycles. The van der Waals surface area contributed by atoms with Gasteiger partial charge in [-0.25, -0.2) is 5.26 Å². The van der Waals surface area contributed by atoms with Crippen molar-refractivity contribution in [1.82, 2.24) is 15.2 Å². The van der Waals surface area contributed by atoms with Gasteiger partial charge in [-0.1, -0.05) is 11.6 Å². The zero-order valence-electron chi connectivity index (χ0n) is 13.9. The third-order valence-electron chi connectivity index (χ3n) is 3.99. The Labute approximate surface area is 156 Å². The lowest BCUT2D eigenvalue weighted by atomic mass is 9.45. The minimum absolute atomic E-state index is 0.0100. The molecule has 8 nitrogen and oxygen atoms in total. The maximum atomic E-state index is 12.5. The summed E-state index contributed by atoms with van der Waals surface area (Å²) in [5, 5.41) is 22.8. The van der Waals surface area contributed by atoms with Gasteiger partial charge in [0.05, 0.1) is 11.8 Å². The van der Waals surface area contributed by atoms with E-state index < -0.39 is 5.91 Å². The fraction of sp³-hybridized carbons (Fsp3) is 0.312. The van der Waals surface area contributed by atoms with E-state index >= 15 is 0 Å². The summed E-state index contributed by atoms with van der Waals surface area (Å²) in [4.78, 5) is 16.4. The van der Waals surface area contributed by atoms with Crippen LogP contribution in [0.4, 0.5) is 11.4 Å². The largest absolute Gasteiger partial charge is 0.380 e. The van der Waals surface area contributed by atoms with Crippen molar-refractivity contribution in [3.63, 3.8) is 0 Å². The molecule has 1 amide bonds. The van der Waals surface area contributed by atoms with E-state index in [9.17, 15) is 4.79 Å². The lowest BCUT2D eigenvalue weighted by molar-refractivity contribution is 0.0756. The molecule has 2 N–H and O–H groups in total. The van der Waals surface area contributed by atoms with Crippen LogP contribution in [0.25, 0.3) is 0 Å². The minimum Gasteiger partial charge on any atom is -0.380 e. The van der Waals surface area contributed by atoms with Gasteiger partial charge in [-0.2, -0.15) is 0 Å². The first-order valence-electron chi connectivity index (χ1n) is 8.15. The highest BCUT2D eigenvalue weighted by atomic mass is 35.5. The van der Waals surface area contributed by atoms with Crippen LogP contribution in [0, 0.1) is 11.2 Å². The summed E-state index contributed by atoms with van der Waals surface area (Å²) in [6, 6.07) is 4.89. The van der Waals surface area contributed by atoms with Crippen molar-refractivity contribution in [3.05, 3.63) is 41.4 Å². The molecule has 1 aliphatic heterocycles. The van der Waals surface area contributed by atoms with Crippen LogP contribution in [0.5, 0.6) is 0 Å². The Bertz CT molecular complexity index is 816. The zero-order chi connectivity index (χ0) is 18.4. The van der Waals surface area contributed by atoms with E-state index in [4.69, 9.17) is 21.6 Å². The van der Waals surface area contributed by atoms with Gasteiger partial charge < -0.3 is 15.4 Å². The van der Waals surface area contributed by atoms with Gasteiger partial charge in [0.2, 0.25) is 0 Å². The maximum absolute atomic E-state index is 12.5. The van der Waals surface area contributed by atoms with Crippen LogP contribution in [-0.4, -0.2) is 47.1 Å². The Balaban J connectivity index is 1.69. The van der Waals surface area contributed by atoms with Crippen LogP contribution in [0.3, 0.4) is 0 Å². The van der Waals surface area contributed by atoms with Crippen molar-refractivity contribution in [2.45, 2.75) is 18.7 Å². The maximum Gasteiger partial charge on any atom is 0.278 e. The second kappa shape index (κ2) is 8.60. The summed E-state index contributed by atoms with van der Waals surface area (Å²) in [7, 11) is 0. The molecule has 2 aromatic rings. The number of amides is 1. The molecule has 0 aliphatic carbocycles. The van der Waals surface area contributed by atoms with Gasteiger partial charge in [-0.05, 0) is 24.8 Å². The highest BCUT2D eigenvalue weighted by Crippen LogP contribution is 2.20. The van der Waals surface area contributed by atoms with E-state index in [0.717, 1.165) is 6.32 Å². The molecule has 0 bridgehead atoms. The second-order valence-electron chi connectivity index (χ2n) is 5.84. The topological polar surface area (TPSA) is 113 Å². The molecule has 132 valence electrons. The molecule has 1 saturated heterocycles. The van der Waals surface area contributed by atoms with Crippen molar-refractivity contribution < 1.29 is 9.53 Å². The number of hydrogen-bond donors (Lipinski definition) is 2. The number of ether oxygens (including phenoxy) is 1. The third kappa shape index (κ3) is 4.68. The standard InChI is InChI=1S/C16H16BClN6O2/c18-14-7-13(21-9-12-8-17(10-19)3-6-26-12)15(24-23-14)16(25)22-11-1-4-20-5-2-11/h1-2,4-5,7,12H,3,6,8-9H2,(H,21,23)(H,20,22,25). The summed E-state index contributed by atoms with van der Waals surface area (Å²) < 4.78 is 5.67. The molecule has 1 fully saturated rings. The molecule has 0 aromatic carbocycles. The summed E-state index contributed by atoms with van der Waals surface area (Å²) in [6.07, 6.45) is 4.43. The predicted octanol–water partition coefficient (Wildman–Crippen LogP) is 2.15. The first kappa shape index (κ1) is 18.1. The second-order valence-corrected chi connectivity index (χ2v) is 6.23. The van der Waals surface area contributed by atoms with Gasteiger partial charge in [-0.3, -0.25) is 9.78 Å². The molecule has 1 unspecified atom stereocenters. The van der Waals surface area contributed by atoms with Crippen LogP contribution in [0.15, 0.2) is 30.6 Å². The molecule has 1 atom stereocenters. The molecule has 0 spiro atoms. The average molecular weight is 371 g/mol. The number of aromatic nitrogens is 3. The van der Waals surface area contributed by atoms with Crippen molar-refractivity contribution in [1.29, 1.82) is 5.26 Å². The van der Waals surface area contributed by atoms with Gasteiger partial charge in [-0.15, -0.1) is 10.2 Å². The highest BCUT2D eigenvalue weighted by Gasteiger charge is 2.26. The number of carbonyl (C=O) groups is 1. The number of nitriles is 1. The van der Waals surface area contributed by atoms with E-state index in [0.29, 0.717) is 30.8 Å². The summed E-state index contributed by atoms with van der Waals surface area (Å²) in [5.74, 6) is 1.86. The Morgan fingerprint density at radius 2 is 2.23 bits per heavy atom. The SMILES string of the molecule is N#CB1CCOC(CNc2cc(Cl)nnc2C(=O)Nc2ccncc2)C1. The molecular weight excluding hydrogens is 354 g/mol. The molecule has 3 heterocycles. The monoisotopic (exact) mass is 370 g/mol.